The Bertz CT molecular complexity index is 708. The summed E-state index contributed by atoms with van der Waals surface area (Å²) in [5.74, 6) is -2.01. The van der Waals surface area contributed by atoms with Gasteiger partial charge in [-0.3, -0.25) is 14.7 Å². The molecule has 0 bridgehead atoms. The van der Waals surface area contributed by atoms with Gasteiger partial charge in [-0.05, 0) is 43.3 Å². The Hall–Kier alpha value is -2.34. The zero-order valence-electron chi connectivity index (χ0n) is 12.7. The predicted molar refractivity (Wildman–Crippen MR) is 81.8 cm³/mol. The summed E-state index contributed by atoms with van der Waals surface area (Å²) in [6.45, 7) is 0.761. The molecule has 6 heteroatoms. The number of carbonyl (C=O) groups is 1. The van der Waals surface area contributed by atoms with E-state index in [4.69, 9.17) is 0 Å². The van der Waals surface area contributed by atoms with Crippen molar-refractivity contribution in [3.05, 3.63) is 65.5 Å². The lowest BCUT2D eigenvalue weighted by Crippen LogP contribution is -2.39. The number of hydrogen-bond acceptors (Lipinski definition) is 3. The van der Waals surface area contributed by atoms with Crippen molar-refractivity contribution in [1.29, 1.82) is 0 Å². The van der Waals surface area contributed by atoms with Crippen molar-refractivity contribution >= 4 is 5.91 Å². The van der Waals surface area contributed by atoms with Crippen LogP contribution in [-0.4, -0.2) is 35.4 Å². The fourth-order valence-electron chi connectivity index (χ4n) is 3.02. The molecule has 0 spiro atoms. The normalized spacial score (nSPS) is 21.3. The van der Waals surface area contributed by atoms with E-state index in [1.165, 1.54) is 6.07 Å². The number of halogens is 2. The van der Waals surface area contributed by atoms with Gasteiger partial charge in [-0.2, -0.15) is 0 Å². The maximum Gasteiger partial charge on any atom is 0.270 e. The van der Waals surface area contributed by atoms with Crippen LogP contribution in [0.2, 0.25) is 0 Å². The molecule has 0 unspecified atom stereocenters. The highest BCUT2D eigenvalue weighted by Gasteiger charge is 2.34. The van der Waals surface area contributed by atoms with Gasteiger partial charge in [-0.15, -0.1) is 0 Å². The number of carbonyl (C=O) groups excluding carboxylic acids is 1. The summed E-state index contributed by atoms with van der Waals surface area (Å²) in [6.07, 6.45) is 2.29. The number of rotatable bonds is 3. The molecule has 120 valence electrons. The molecule has 1 saturated heterocycles. The van der Waals surface area contributed by atoms with Crippen LogP contribution in [0.15, 0.2) is 42.6 Å². The Labute approximate surface area is 133 Å². The first-order valence-corrected chi connectivity index (χ1v) is 7.43. The topological polar surface area (TPSA) is 45.2 Å². The maximum atomic E-state index is 13.5. The van der Waals surface area contributed by atoms with Gasteiger partial charge in [0.05, 0.1) is 12.1 Å². The van der Waals surface area contributed by atoms with Gasteiger partial charge in [0, 0.05) is 12.7 Å². The maximum absolute atomic E-state index is 13.5. The second-order valence-corrected chi connectivity index (χ2v) is 5.68. The summed E-state index contributed by atoms with van der Waals surface area (Å²) < 4.78 is 26.7. The molecule has 23 heavy (non-hydrogen) atoms. The van der Waals surface area contributed by atoms with Crippen LogP contribution in [0.4, 0.5) is 8.78 Å². The number of likely N-dealkylation sites (tertiary alicyclic amines) is 1. The molecule has 1 aromatic carbocycles. The highest BCUT2D eigenvalue weighted by Crippen LogP contribution is 2.31. The number of nitrogens with one attached hydrogen (secondary N) is 1. The number of nitrogens with zero attached hydrogens (tertiary/aromatic N) is 2. The number of benzene rings is 1. The molecule has 4 nitrogen and oxygen atoms in total. The molecule has 1 aromatic heterocycles. The minimum Gasteiger partial charge on any atom is -0.346 e. The van der Waals surface area contributed by atoms with Crippen LogP contribution in [-0.2, 0) is 0 Å². The third kappa shape index (κ3) is 3.22. The zero-order valence-corrected chi connectivity index (χ0v) is 12.7. The molecule has 1 aliphatic rings. The standard InChI is InChI=1S/C17H17F2N3O/c1-22-9-7-14(21-17(23)15-4-2-3-8-20-15)16(22)11-5-6-12(18)13(19)10-11/h2-6,8,10,14,16H,7,9H2,1H3,(H,21,23)/t14-,16-/m1/s1. The largest absolute Gasteiger partial charge is 0.346 e. The summed E-state index contributed by atoms with van der Waals surface area (Å²) in [5, 5.41) is 2.95. The Morgan fingerprint density at radius 2 is 2.09 bits per heavy atom. The van der Waals surface area contributed by atoms with E-state index in [2.05, 4.69) is 10.3 Å². The predicted octanol–water partition coefficient (Wildman–Crippen LogP) is 2.54. The summed E-state index contributed by atoms with van der Waals surface area (Å²) in [7, 11) is 1.90. The van der Waals surface area contributed by atoms with Gasteiger partial charge in [0.25, 0.3) is 5.91 Å². The van der Waals surface area contributed by atoms with Gasteiger partial charge in [0.2, 0.25) is 0 Å². The van der Waals surface area contributed by atoms with E-state index in [1.54, 1.807) is 30.5 Å². The van der Waals surface area contributed by atoms with Crippen LogP contribution < -0.4 is 5.32 Å². The number of hydrogen-bond donors (Lipinski definition) is 1. The van der Waals surface area contributed by atoms with Crippen molar-refractivity contribution in [1.82, 2.24) is 15.2 Å². The second-order valence-electron chi connectivity index (χ2n) is 5.68. The van der Waals surface area contributed by atoms with Gasteiger partial charge >= 0.3 is 0 Å². The number of aromatic nitrogens is 1. The van der Waals surface area contributed by atoms with E-state index >= 15 is 0 Å². The van der Waals surface area contributed by atoms with Crippen LogP contribution in [0, 0.1) is 11.6 Å². The molecular formula is C17H17F2N3O. The smallest absolute Gasteiger partial charge is 0.270 e. The minimum atomic E-state index is -0.877. The number of amides is 1. The molecule has 0 aliphatic carbocycles. The first-order chi connectivity index (χ1) is 11.1. The van der Waals surface area contributed by atoms with Crippen molar-refractivity contribution in [2.75, 3.05) is 13.6 Å². The molecule has 0 radical (unpaired) electrons. The number of pyridine rings is 1. The van der Waals surface area contributed by atoms with Crippen LogP contribution in [0.5, 0.6) is 0 Å². The summed E-state index contributed by atoms with van der Waals surface area (Å²) >= 11 is 0. The molecule has 3 rings (SSSR count). The van der Waals surface area contributed by atoms with Gasteiger partial charge < -0.3 is 5.32 Å². The van der Waals surface area contributed by atoms with Gasteiger partial charge in [-0.25, -0.2) is 8.78 Å². The fourth-order valence-corrected chi connectivity index (χ4v) is 3.02. The second kappa shape index (κ2) is 6.42. The Morgan fingerprint density at radius 3 is 2.78 bits per heavy atom. The quantitative estimate of drug-likeness (QED) is 0.946. The average Bonchev–Trinajstić information content (AvgIpc) is 2.91. The van der Waals surface area contributed by atoms with Crippen molar-refractivity contribution in [2.24, 2.45) is 0 Å². The molecule has 1 N–H and O–H groups in total. The number of likely N-dealkylation sites (N-methyl/N-ethyl adjacent to an activating group) is 1. The van der Waals surface area contributed by atoms with Crippen molar-refractivity contribution in [3.8, 4) is 0 Å². The highest BCUT2D eigenvalue weighted by atomic mass is 19.2. The van der Waals surface area contributed by atoms with E-state index < -0.39 is 11.6 Å². The molecule has 1 aliphatic heterocycles. The van der Waals surface area contributed by atoms with Crippen LogP contribution in [0.1, 0.15) is 28.5 Å². The third-order valence-corrected chi connectivity index (χ3v) is 4.15. The Morgan fingerprint density at radius 1 is 1.26 bits per heavy atom. The first-order valence-electron chi connectivity index (χ1n) is 7.43. The molecule has 2 heterocycles. The molecule has 0 saturated carbocycles. The highest BCUT2D eigenvalue weighted by molar-refractivity contribution is 5.92. The zero-order chi connectivity index (χ0) is 16.4. The third-order valence-electron chi connectivity index (χ3n) is 4.15. The van der Waals surface area contributed by atoms with Gasteiger partial charge in [0.15, 0.2) is 11.6 Å². The van der Waals surface area contributed by atoms with E-state index in [1.807, 2.05) is 11.9 Å². The van der Waals surface area contributed by atoms with E-state index in [0.29, 0.717) is 11.3 Å². The van der Waals surface area contributed by atoms with E-state index in [-0.39, 0.29) is 18.0 Å². The van der Waals surface area contributed by atoms with Crippen LogP contribution >= 0.6 is 0 Å². The molecule has 2 aromatic rings. The van der Waals surface area contributed by atoms with E-state index in [0.717, 1.165) is 19.0 Å². The lowest BCUT2D eigenvalue weighted by Gasteiger charge is -2.26. The summed E-state index contributed by atoms with van der Waals surface area (Å²) in [4.78, 5) is 18.3. The monoisotopic (exact) mass is 317 g/mol. The molecule has 1 amide bonds. The fraction of sp³-hybridized carbons (Fsp3) is 0.294. The lowest BCUT2D eigenvalue weighted by molar-refractivity contribution is 0.0922. The van der Waals surface area contributed by atoms with Crippen molar-refractivity contribution in [3.63, 3.8) is 0 Å². The van der Waals surface area contributed by atoms with Crippen molar-refractivity contribution in [2.45, 2.75) is 18.5 Å². The van der Waals surface area contributed by atoms with Crippen LogP contribution in [0.25, 0.3) is 0 Å². The van der Waals surface area contributed by atoms with Gasteiger partial charge in [-0.1, -0.05) is 12.1 Å². The Balaban J connectivity index is 1.81. The molecule has 2 atom stereocenters. The van der Waals surface area contributed by atoms with Crippen LogP contribution in [0.3, 0.4) is 0 Å². The first kappa shape index (κ1) is 15.6. The summed E-state index contributed by atoms with van der Waals surface area (Å²) in [6, 6.07) is 8.62. The lowest BCUT2D eigenvalue weighted by atomic mass is 9.99. The SMILES string of the molecule is CN1CC[C@@H](NC(=O)c2ccccn2)[C@H]1c1ccc(F)c(F)c1. The van der Waals surface area contributed by atoms with Gasteiger partial charge in [0.1, 0.15) is 5.69 Å². The average molecular weight is 317 g/mol. The summed E-state index contributed by atoms with van der Waals surface area (Å²) in [5.41, 5.74) is 0.987. The Kier molecular flexibility index (Phi) is 4.34. The van der Waals surface area contributed by atoms with Crippen molar-refractivity contribution < 1.29 is 13.6 Å². The molecule has 1 fully saturated rings. The van der Waals surface area contributed by atoms with E-state index in [9.17, 15) is 13.6 Å². The molecular weight excluding hydrogens is 300 g/mol. The minimum absolute atomic E-state index is 0.181.